The number of benzene rings is 2. The summed E-state index contributed by atoms with van der Waals surface area (Å²) in [5.74, 6) is 0.196. The van der Waals surface area contributed by atoms with Crippen LogP contribution in [0.15, 0.2) is 54.6 Å². The lowest BCUT2D eigenvalue weighted by Gasteiger charge is -2.25. The largest absolute Gasteiger partial charge is 0.483 e. The van der Waals surface area contributed by atoms with Crippen LogP contribution in [-0.2, 0) is 4.79 Å². The van der Waals surface area contributed by atoms with Gasteiger partial charge in [0.2, 0.25) is 5.91 Å². The zero-order chi connectivity index (χ0) is 16.7. The molecule has 2 atom stereocenters. The van der Waals surface area contributed by atoms with Crippen molar-refractivity contribution >= 4 is 17.5 Å². The summed E-state index contributed by atoms with van der Waals surface area (Å²) in [7, 11) is 0. The third kappa shape index (κ3) is 5.27. The lowest BCUT2D eigenvalue weighted by atomic mass is 10.0. The topological polar surface area (TPSA) is 58.6 Å². The van der Waals surface area contributed by atoms with Crippen LogP contribution in [0.3, 0.4) is 0 Å². The van der Waals surface area contributed by atoms with Crippen molar-refractivity contribution in [2.75, 3.05) is 12.4 Å². The summed E-state index contributed by atoms with van der Waals surface area (Å²) in [5.41, 5.74) is 1.96. The van der Waals surface area contributed by atoms with Gasteiger partial charge in [-0.15, -0.1) is 11.6 Å². The van der Waals surface area contributed by atoms with Crippen LogP contribution in [0.25, 0.3) is 0 Å². The molecule has 2 N–H and O–H groups in total. The Balaban J connectivity index is 2.14. The molecule has 0 heterocycles. The number of carbonyl (C=O) groups excluding carboxylic acids is 1. The van der Waals surface area contributed by atoms with Crippen molar-refractivity contribution in [3.05, 3.63) is 65.7 Å². The summed E-state index contributed by atoms with van der Waals surface area (Å²) in [6.45, 7) is 2.06. The van der Waals surface area contributed by atoms with Crippen LogP contribution >= 0.6 is 11.6 Å². The van der Waals surface area contributed by atoms with Gasteiger partial charge in [0, 0.05) is 6.54 Å². The Labute approximate surface area is 141 Å². The van der Waals surface area contributed by atoms with E-state index in [4.69, 9.17) is 16.3 Å². The van der Waals surface area contributed by atoms with Gasteiger partial charge in [0.25, 0.3) is 0 Å². The number of rotatable bonds is 7. The van der Waals surface area contributed by atoms with Crippen LogP contribution in [0.4, 0.5) is 0 Å². The molecule has 2 aromatic rings. The van der Waals surface area contributed by atoms with Gasteiger partial charge >= 0.3 is 0 Å². The number of ether oxygens (including phenoxy) is 1. The first-order chi connectivity index (χ1) is 11.1. The van der Waals surface area contributed by atoms with E-state index in [1.165, 1.54) is 0 Å². The van der Waals surface area contributed by atoms with Gasteiger partial charge in [-0.25, -0.2) is 0 Å². The van der Waals surface area contributed by atoms with E-state index in [0.29, 0.717) is 5.75 Å². The molecule has 0 fully saturated rings. The SMILES string of the molecule is Cc1ccc(OC(c2ccccc2)C(O)CNC(=O)CCl)cc1. The van der Waals surface area contributed by atoms with Crippen molar-refractivity contribution in [3.8, 4) is 5.75 Å². The van der Waals surface area contributed by atoms with Crippen molar-refractivity contribution in [1.82, 2.24) is 5.32 Å². The number of amides is 1. The fraction of sp³-hybridized carbons (Fsp3) is 0.278. The zero-order valence-corrected chi connectivity index (χ0v) is 13.7. The normalized spacial score (nSPS) is 13.2. The highest BCUT2D eigenvalue weighted by Crippen LogP contribution is 2.25. The second-order valence-electron chi connectivity index (χ2n) is 5.27. The van der Waals surface area contributed by atoms with Gasteiger partial charge < -0.3 is 15.2 Å². The van der Waals surface area contributed by atoms with Crippen molar-refractivity contribution in [2.24, 2.45) is 0 Å². The molecule has 0 bridgehead atoms. The molecule has 5 heteroatoms. The third-order valence-corrected chi connectivity index (χ3v) is 3.63. The predicted molar refractivity (Wildman–Crippen MR) is 90.7 cm³/mol. The van der Waals surface area contributed by atoms with Gasteiger partial charge in [-0.3, -0.25) is 4.79 Å². The zero-order valence-electron chi connectivity index (χ0n) is 12.9. The van der Waals surface area contributed by atoms with Crippen LogP contribution < -0.4 is 10.1 Å². The first-order valence-electron chi connectivity index (χ1n) is 7.39. The first-order valence-corrected chi connectivity index (χ1v) is 7.92. The van der Waals surface area contributed by atoms with Crippen molar-refractivity contribution < 1.29 is 14.6 Å². The number of nitrogens with one attached hydrogen (secondary N) is 1. The Morgan fingerprint density at radius 3 is 2.43 bits per heavy atom. The van der Waals surface area contributed by atoms with E-state index in [2.05, 4.69) is 5.32 Å². The summed E-state index contributed by atoms with van der Waals surface area (Å²) in [4.78, 5) is 11.3. The average Bonchev–Trinajstić information content (AvgIpc) is 2.59. The van der Waals surface area contributed by atoms with E-state index in [-0.39, 0.29) is 18.3 Å². The van der Waals surface area contributed by atoms with Gasteiger partial charge in [0.15, 0.2) is 6.10 Å². The highest BCUT2D eigenvalue weighted by atomic mass is 35.5. The molecule has 0 saturated carbocycles. The highest BCUT2D eigenvalue weighted by Gasteiger charge is 2.23. The highest BCUT2D eigenvalue weighted by molar-refractivity contribution is 6.27. The Morgan fingerprint density at radius 1 is 1.17 bits per heavy atom. The van der Waals surface area contributed by atoms with Gasteiger partial charge in [0.1, 0.15) is 17.7 Å². The van der Waals surface area contributed by atoms with Gasteiger partial charge in [0.05, 0.1) is 0 Å². The van der Waals surface area contributed by atoms with E-state index < -0.39 is 12.2 Å². The summed E-state index contributed by atoms with van der Waals surface area (Å²) in [6.07, 6.45) is -1.49. The number of hydrogen-bond donors (Lipinski definition) is 2. The molecule has 122 valence electrons. The number of hydrogen-bond acceptors (Lipinski definition) is 3. The average molecular weight is 334 g/mol. The number of aliphatic hydroxyl groups is 1. The van der Waals surface area contributed by atoms with E-state index in [1.807, 2.05) is 61.5 Å². The summed E-state index contributed by atoms with van der Waals surface area (Å²) < 4.78 is 5.95. The molecule has 0 aromatic heterocycles. The minimum absolute atomic E-state index is 0.0664. The summed E-state index contributed by atoms with van der Waals surface area (Å²) in [5, 5.41) is 13.0. The Bertz CT molecular complexity index is 616. The van der Waals surface area contributed by atoms with Gasteiger partial charge in [-0.1, -0.05) is 48.0 Å². The van der Waals surface area contributed by atoms with Crippen LogP contribution in [0, 0.1) is 6.92 Å². The molecule has 23 heavy (non-hydrogen) atoms. The Morgan fingerprint density at radius 2 is 1.83 bits per heavy atom. The molecule has 0 aliphatic heterocycles. The Hall–Kier alpha value is -2.04. The maximum Gasteiger partial charge on any atom is 0.235 e. The maximum atomic E-state index is 11.3. The predicted octanol–water partition coefficient (Wildman–Crippen LogP) is 2.83. The monoisotopic (exact) mass is 333 g/mol. The smallest absolute Gasteiger partial charge is 0.235 e. The van der Waals surface area contributed by atoms with Crippen molar-refractivity contribution in [1.29, 1.82) is 0 Å². The minimum Gasteiger partial charge on any atom is -0.483 e. The standard InChI is InChI=1S/C18H20ClNO3/c1-13-7-9-15(10-8-13)23-18(14-5-3-2-4-6-14)16(21)12-20-17(22)11-19/h2-10,16,18,21H,11-12H2,1H3,(H,20,22). The third-order valence-electron chi connectivity index (χ3n) is 3.39. The fourth-order valence-corrected chi connectivity index (χ4v) is 2.24. The quantitative estimate of drug-likeness (QED) is 0.766. The molecular formula is C18H20ClNO3. The van der Waals surface area contributed by atoms with E-state index in [9.17, 15) is 9.90 Å². The van der Waals surface area contributed by atoms with E-state index >= 15 is 0 Å². The lowest BCUT2D eigenvalue weighted by molar-refractivity contribution is -0.119. The van der Waals surface area contributed by atoms with Crippen molar-refractivity contribution in [2.45, 2.75) is 19.1 Å². The molecule has 2 unspecified atom stereocenters. The number of halogens is 1. The lowest BCUT2D eigenvalue weighted by Crippen LogP contribution is -2.37. The molecule has 0 saturated heterocycles. The summed E-state index contributed by atoms with van der Waals surface area (Å²) in [6, 6.07) is 17.0. The minimum atomic E-state index is -0.897. The van der Waals surface area contributed by atoms with Crippen LogP contribution in [0.2, 0.25) is 0 Å². The second-order valence-corrected chi connectivity index (χ2v) is 5.53. The van der Waals surface area contributed by atoms with E-state index in [1.54, 1.807) is 0 Å². The molecule has 0 aliphatic rings. The molecule has 0 radical (unpaired) electrons. The van der Waals surface area contributed by atoms with Crippen LogP contribution in [0.5, 0.6) is 5.75 Å². The van der Waals surface area contributed by atoms with Crippen LogP contribution in [0.1, 0.15) is 17.2 Å². The van der Waals surface area contributed by atoms with Crippen molar-refractivity contribution in [3.63, 3.8) is 0 Å². The molecule has 2 aromatic carbocycles. The number of alkyl halides is 1. The molecule has 1 amide bonds. The number of aliphatic hydroxyl groups excluding tert-OH is 1. The van der Waals surface area contributed by atoms with Crippen LogP contribution in [-0.4, -0.2) is 29.5 Å². The molecular weight excluding hydrogens is 314 g/mol. The maximum absolute atomic E-state index is 11.3. The number of carbonyl (C=O) groups is 1. The molecule has 0 spiro atoms. The Kier molecular flexibility index (Phi) is 6.44. The fourth-order valence-electron chi connectivity index (χ4n) is 2.15. The summed E-state index contributed by atoms with van der Waals surface area (Å²) >= 11 is 5.45. The molecule has 2 rings (SSSR count). The van der Waals surface area contributed by atoms with Gasteiger partial charge in [-0.05, 0) is 24.6 Å². The second kappa shape index (κ2) is 8.56. The molecule has 4 nitrogen and oxygen atoms in total. The first kappa shape index (κ1) is 17.3. The van der Waals surface area contributed by atoms with E-state index in [0.717, 1.165) is 11.1 Å². The molecule has 0 aliphatic carbocycles. The van der Waals surface area contributed by atoms with Gasteiger partial charge in [-0.2, -0.15) is 0 Å². The number of aryl methyl sites for hydroxylation is 1.